The normalized spacial score (nSPS) is 27.9. The van der Waals surface area contributed by atoms with Crippen LogP contribution in [0.5, 0.6) is 0 Å². The van der Waals surface area contributed by atoms with Gasteiger partial charge in [-0.15, -0.1) is 0 Å². The van der Waals surface area contributed by atoms with Crippen molar-refractivity contribution in [3.8, 4) is 0 Å². The Morgan fingerprint density at radius 3 is 2.78 bits per heavy atom. The Kier molecular flexibility index (Phi) is 2.22. The molecule has 0 aromatic heterocycles. The van der Waals surface area contributed by atoms with Crippen LogP contribution in [0.15, 0.2) is 0 Å². The van der Waals surface area contributed by atoms with Gasteiger partial charge in [0.2, 0.25) is 0 Å². The van der Waals surface area contributed by atoms with Crippen LogP contribution in [0.1, 0.15) is 19.8 Å². The average molecular weight is 127 g/mol. The predicted octanol–water partition coefficient (Wildman–Crippen LogP) is 0.575. The molecule has 2 nitrogen and oxygen atoms in total. The maximum Gasteiger partial charge on any atom is 0.134 e. The molecule has 9 heavy (non-hydrogen) atoms. The quantitative estimate of drug-likeness (QED) is 0.558. The van der Waals surface area contributed by atoms with Gasteiger partial charge in [0.05, 0.1) is 0 Å². The van der Waals surface area contributed by atoms with Crippen LogP contribution in [-0.2, 0) is 4.79 Å². The fourth-order valence-electron chi connectivity index (χ4n) is 1.20. The van der Waals surface area contributed by atoms with Gasteiger partial charge in [0.25, 0.3) is 0 Å². The molecule has 0 amide bonds. The van der Waals surface area contributed by atoms with Crippen molar-refractivity contribution >= 4 is 5.78 Å². The number of ketones is 1. The third-order valence-electron chi connectivity index (χ3n) is 1.87. The van der Waals surface area contributed by atoms with E-state index in [2.05, 4.69) is 5.32 Å². The van der Waals surface area contributed by atoms with E-state index in [4.69, 9.17) is 0 Å². The second-order valence-electron chi connectivity index (χ2n) is 2.65. The van der Waals surface area contributed by atoms with Crippen LogP contribution in [-0.4, -0.2) is 18.9 Å². The topological polar surface area (TPSA) is 29.1 Å². The minimum absolute atomic E-state index is 0.304. The van der Waals surface area contributed by atoms with Gasteiger partial charge in [0, 0.05) is 12.5 Å². The van der Waals surface area contributed by atoms with E-state index < -0.39 is 0 Å². The van der Waals surface area contributed by atoms with Crippen LogP contribution in [0, 0.1) is 5.92 Å². The minimum Gasteiger partial charge on any atom is -0.316 e. The molecule has 0 unspecified atom stereocenters. The molecule has 0 radical (unpaired) electrons. The van der Waals surface area contributed by atoms with Gasteiger partial charge in [0.1, 0.15) is 5.78 Å². The standard InChI is InChI=1S/C7H13NO/c1-6(9)7-3-2-4-8-5-7/h7-8H,2-5H2,1H3/t7-/m1/s1. The molecule has 0 aromatic carbocycles. The lowest BCUT2D eigenvalue weighted by molar-refractivity contribution is -0.121. The van der Waals surface area contributed by atoms with E-state index in [1.54, 1.807) is 6.92 Å². The van der Waals surface area contributed by atoms with Gasteiger partial charge in [-0.05, 0) is 26.3 Å². The minimum atomic E-state index is 0.304. The number of hydrogen-bond acceptors (Lipinski definition) is 2. The summed E-state index contributed by atoms with van der Waals surface area (Å²) < 4.78 is 0. The summed E-state index contributed by atoms with van der Waals surface area (Å²) in [4.78, 5) is 10.8. The molecule has 0 aliphatic carbocycles. The molecule has 52 valence electrons. The molecular weight excluding hydrogens is 114 g/mol. The Morgan fingerprint density at radius 1 is 1.67 bits per heavy atom. The zero-order chi connectivity index (χ0) is 6.69. The zero-order valence-corrected chi connectivity index (χ0v) is 5.81. The smallest absolute Gasteiger partial charge is 0.134 e. The molecule has 1 fully saturated rings. The maximum atomic E-state index is 10.8. The van der Waals surface area contributed by atoms with Crippen LogP contribution in [0.2, 0.25) is 0 Å². The SMILES string of the molecule is CC(=O)[C@@H]1CCCNC1. The highest BCUT2D eigenvalue weighted by molar-refractivity contribution is 5.78. The summed E-state index contributed by atoms with van der Waals surface area (Å²) in [6, 6.07) is 0. The summed E-state index contributed by atoms with van der Waals surface area (Å²) in [5, 5.41) is 3.20. The predicted molar refractivity (Wildman–Crippen MR) is 36.3 cm³/mol. The lowest BCUT2D eigenvalue weighted by Gasteiger charge is -2.19. The van der Waals surface area contributed by atoms with Crippen molar-refractivity contribution in [2.45, 2.75) is 19.8 Å². The number of hydrogen-bond donors (Lipinski definition) is 1. The average Bonchev–Trinajstić information content (AvgIpc) is 1.90. The van der Waals surface area contributed by atoms with E-state index in [9.17, 15) is 4.79 Å². The highest BCUT2D eigenvalue weighted by Gasteiger charge is 2.16. The molecule has 1 aliphatic heterocycles. The Morgan fingerprint density at radius 2 is 2.44 bits per heavy atom. The summed E-state index contributed by atoms with van der Waals surface area (Å²) in [5.41, 5.74) is 0. The molecule has 0 saturated carbocycles. The number of rotatable bonds is 1. The van der Waals surface area contributed by atoms with E-state index in [-0.39, 0.29) is 0 Å². The zero-order valence-electron chi connectivity index (χ0n) is 5.81. The summed E-state index contributed by atoms with van der Waals surface area (Å²) in [7, 11) is 0. The highest BCUT2D eigenvalue weighted by atomic mass is 16.1. The van der Waals surface area contributed by atoms with E-state index in [1.807, 2.05) is 0 Å². The number of carbonyl (C=O) groups excluding carboxylic acids is 1. The molecule has 1 atom stereocenters. The lowest BCUT2D eigenvalue weighted by atomic mass is 9.96. The molecular formula is C7H13NO. The van der Waals surface area contributed by atoms with Crippen LogP contribution in [0.25, 0.3) is 0 Å². The summed E-state index contributed by atoms with van der Waals surface area (Å²) >= 11 is 0. The number of Topliss-reactive ketones (excluding diaryl/α,β-unsaturated/α-hetero) is 1. The van der Waals surface area contributed by atoms with Crippen molar-refractivity contribution in [1.82, 2.24) is 5.32 Å². The number of nitrogens with one attached hydrogen (secondary N) is 1. The molecule has 0 aromatic rings. The molecule has 1 heterocycles. The second kappa shape index (κ2) is 2.97. The third-order valence-corrected chi connectivity index (χ3v) is 1.87. The molecule has 0 spiro atoms. The van der Waals surface area contributed by atoms with E-state index in [0.717, 1.165) is 25.9 Å². The van der Waals surface area contributed by atoms with Gasteiger partial charge in [0.15, 0.2) is 0 Å². The Bertz CT molecular complexity index is 105. The van der Waals surface area contributed by atoms with Gasteiger partial charge in [-0.25, -0.2) is 0 Å². The highest BCUT2D eigenvalue weighted by Crippen LogP contribution is 2.09. The molecule has 1 saturated heterocycles. The maximum absolute atomic E-state index is 10.8. The van der Waals surface area contributed by atoms with Crippen LogP contribution in [0.3, 0.4) is 0 Å². The third kappa shape index (κ3) is 1.79. The summed E-state index contributed by atoms with van der Waals surface area (Å²) in [6.45, 7) is 3.66. The number of carbonyl (C=O) groups is 1. The monoisotopic (exact) mass is 127 g/mol. The lowest BCUT2D eigenvalue weighted by Crippen LogP contribution is -2.33. The van der Waals surface area contributed by atoms with Crippen molar-refractivity contribution < 1.29 is 4.79 Å². The number of piperidine rings is 1. The van der Waals surface area contributed by atoms with Crippen molar-refractivity contribution in [1.29, 1.82) is 0 Å². The van der Waals surface area contributed by atoms with Gasteiger partial charge >= 0.3 is 0 Å². The van der Waals surface area contributed by atoms with E-state index in [1.165, 1.54) is 0 Å². The molecule has 2 heteroatoms. The fraction of sp³-hybridized carbons (Fsp3) is 0.857. The molecule has 1 N–H and O–H groups in total. The van der Waals surface area contributed by atoms with Crippen molar-refractivity contribution in [2.75, 3.05) is 13.1 Å². The second-order valence-corrected chi connectivity index (χ2v) is 2.65. The summed E-state index contributed by atoms with van der Waals surface area (Å²) in [5.74, 6) is 0.640. The first-order valence-corrected chi connectivity index (χ1v) is 3.52. The first kappa shape index (κ1) is 6.75. The first-order valence-electron chi connectivity index (χ1n) is 3.52. The largest absolute Gasteiger partial charge is 0.316 e. The molecule has 1 rings (SSSR count). The van der Waals surface area contributed by atoms with E-state index >= 15 is 0 Å². The van der Waals surface area contributed by atoms with Crippen molar-refractivity contribution in [3.63, 3.8) is 0 Å². The van der Waals surface area contributed by atoms with Gasteiger partial charge in [-0.3, -0.25) is 4.79 Å². The van der Waals surface area contributed by atoms with E-state index in [0.29, 0.717) is 11.7 Å². The van der Waals surface area contributed by atoms with Gasteiger partial charge in [-0.1, -0.05) is 0 Å². The Hall–Kier alpha value is -0.370. The summed E-state index contributed by atoms with van der Waals surface area (Å²) in [6.07, 6.45) is 2.24. The first-order chi connectivity index (χ1) is 4.30. The molecule has 0 bridgehead atoms. The van der Waals surface area contributed by atoms with Gasteiger partial charge in [-0.2, -0.15) is 0 Å². The Labute approximate surface area is 55.6 Å². The fourth-order valence-corrected chi connectivity index (χ4v) is 1.20. The van der Waals surface area contributed by atoms with Gasteiger partial charge < -0.3 is 5.32 Å². The van der Waals surface area contributed by atoms with Crippen molar-refractivity contribution in [2.24, 2.45) is 5.92 Å². The van der Waals surface area contributed by atoms with Crippen LogP contribution >= 0.6 is 0 Å². The van der Waals surface area contributed by atoms with Crippen LogP contribution in [0.4, 0.5) is 0 Å². The van der Waals surface area contributed by atoms with Crippen molar-refractivity contribution in [3.05, 3.63) is 0 Å². The molecule has 1 aliphatic rings. The van der Waals surface area contributed by atoms with Crippen LogP contribution < -0.4 is 5.32 Å². The Balaban J connectivity index is 2.31.